The maximum Gasteiger partial charge on any atom is 4.00 e. The molecule has 0 radical (unpaired) electrons. The number of hydrogen-bond acceptors (Lipinski definition) is 12. The zero-order valence-corrected chi connectivity index (χ0v) is 31.8. The van der Waals surface area contributed by atoms with Gasteiger partial charge in [-0.05, 0) is 79.1 Å². The Balaban J connectivity index is 0.000000623. The number of carboxylic acid groups (broad SMARTS) is 4. The molecule has 49 heavy (non-hydrogen) atoms. The van der Waals surface area contributed by atoms with Gasteiger partial charge in [-0.15, -0.1) is 0 Å². The van der Waals surface area contributed by atoms with Crippen LogP contribution in [0.2, 0.25) is 0 Å². The van der Waals surface area contributed by atoms with Gasteiger partial charge in [0, 0.05) is 71.2 Å². The Kier molecular flexibility index (Phi) is 22.5. The SMILES string of the molecule is CC(=O)C1CCCCC1C(=O)[O-].CC(=O)C1CCCCC1C(=O)[O-].CC(=O)C1CCCCC1C(=O)[O-].CC(=O)C1CCCCC1C(=O)[O-].[Zr+4]. The van der Waals surface area contributed by atoms with Crippen LogP contribution in [0.5, 0.6) is 0 Å². The number of carbonyl (C=O) groups is 8. The van der Waals surface area contributed by atoms with Crippen molar-refractivity contribution in [1.29, 1.82) is 0 Å². The zero-order chi connectivity index (χ0) is 36.6. The van der Waals surface area contributed by atoms with Crippen LogP contribution >= 0.6 is 0 Å². The quantitative estimate of drug-likeness (QED) is 0.329. The van der Waals surface area contributed by atoms with Crippen molar-refractivity contribution in [3.05, 3.63) is 0 Å². The zero-order valence-electron chi connectivity index (χ0n) is 29.3. The average molecular weight is 768 g/mol. The molecule has 0 aromatic carbocycles. The van der Waals surface area contributed by atoms with E-state index in [2.05, 4.69) is 0 Å². The molecule has 0 bridgehead atoms. The van der Waals surface area contributed by atoms with Crippen molar-refractivity contribution in [2.45, 2.75) is 130 Å². The van der Waals surface area contributed by atoms with Crippen molar-refractivity contribution in [2.75, 3.05) is 0 Å². The van der Waals surface area contributed by atoms with Gasteiger partial charge in [0.15, 0.2) is 0 Å². The van der Waals surface area contributed by atoms with Crippen LogP contribution < -0.4 is 20.4 Å². The first-order valence-corrected chi connectivity index (χ1v) is 17.4. The molecule has 0 spiro atoms. The maximum atomic E-state index is 11.0. The second-order valence-corrected chi connectivity index (χ2v) is 13.7. The van der Waals surface area contributed by atoms with Gasteiger partial charge in [0.1, 0.15) is 23.1 Å². The monoisotopic (exact) mass is 766 g/mol. The van der Waals surface area contributed by atoms with Gasteiger partial charge in [0.25, 0.3) is 0 Å². The minimum atomic E-state index is -1.06. The Bertz CT molecular complexity index is 887. The molecule has 4 fully saturated rings. The van der Waals surface area contributed by atoms with Crippen LogP contribution in [0.3, 0.4) is 0 Å². The summed E-state index contributed by atoms with van der Waals surface area (Å²) in [6.45, 7) is 5.86. The number of aliphatic carboxylic acids is 4. The number of rotatable bonds is 8. The van der Waals surface area contributed by atoms with Crippen molar-refractivity contribution >= 4 is 47.0 Å². The Labute approximate surface area is 308 Å². The van der Waals surface area contributed by atoms with E-state index in [1.54, 1.807) is 0 Å². The summed E-state index contributed by atoms with van der Waals surface area (Å²) in [5, 5.41) is 42.4. The Hall–Kier alpha value is -2.56. The predicted molar refractivity (Wildman–Crippen MR) is 165 cm³/mol. The van der Waals surface area contributed by atoms with E-state index in [4.69, 9.17) is 0 Å². The third kappa shape index (κ3) is 15.9. The van der Waals surface area contributed by atoms with E-state index in [1.165, 1.54) is 27.7 Å². The van der Waals surface area contributed by atoms with Gasteiger partial charge >= 0.3 is 26.2 Å². The van der Waals surface area contributed by atoms with Crippen LogP contribution in [-0.4, -0.2) is 47.0 Å². The van der Waals surface area contributed by atoms with Crippen molar-refractivity contribution in [1.82, 2.24) is 0 Å². The van der Waals surface area contributed by atoms with Crippen LogP contribution in [0.15, 0.2) is 0 Å². The number of carboxylic acids is 4. The Morgan fingerprint density at radius 1 is 0.306 bits per heavy atom. The van der Waals surface area contributed by atoms with E-state index >= 15 is 0 Å². The normalized spacial score (nSPS) is 29.1. The molecule has 0 amide bonds. The molecular formula is C36H52O12Zr. The molecule has 272 valence electrons. The fourth-order valence-electron chi connectivity index (χ4n) is 7.60. The molecule has 4 saturated carbocycles. The molecule has 4 aliphatic rings. The first-order valence-electron chi connectivity index (χ1n) is 17.4. The third-order valence-electron chi connectivity index (χ3n) is 10.4. The average Bonchev–Trinajstić information content (AvgIpc) is 3.05. The number of carbonyl (C=O) groups excluding carboxylic acids is 8. The van der Waals surface area contributed by atoms with Crippen molar-refractivity contribution < 1.29 is 85.0 Å². The minimum Gasteiger partial charge on any atom is -0.550 e. The topological polar surface area (TPSA) is 229 Å². The van der Waals surface area contributed by atoms with Gasteiger partial charge < -0.3 is 39.6 Å². The van der Waals surface area contributed by atoms with E-state index < -0.39 is 47.5 Å². The van der Waals surface area contributed by atoms with Crippen molar-refractivity contribution in [3.8, 4) is 0 Å². The number of hydrogen-bond donors (Lipinski definition) is 0. The molecule has 12 nitrogen and oxygen atoms in total. The summed E-state index contributed by atoms with van der Waals surface area (Å²) in [4.78, 5) is 86.5. The smallest absolute Gasteiger partial charge is 0.550 e. The van der Waals surface area contributed by atoms with Crippen molar-refractivity contribution in [3.63, 3.8) is 0 Å². The molecule has 0 aliphatic heterocycles. The molecule has 0 heterocycles. The van der Waals surface area contributed by atoms with E-state index in [9.17, 15) is 58.8 Å². The second kappa shape index (κ2) is 23.8. The third-order valence-corrected chi connectivity index (χ3v) is 10.4. The minimum absolute atomic E-state index is 0. The summed E-state index contributed by atoms with van der Waals surface area (Å²) in [7, 11) is 0. The van der Waals surface area contributed by atoms with Gasteiger partial charge in [0.2, 0.25) is 0 Å². The standard InChI is InChI=1S/4C9H14O3.Zr/c4*1-6(10)7-4-2-3-5-8(7)9(11)12;/h4*7-8H,2-5H2,1H3,(H,11,12);/q;;;;+4/p-4. The molecule has 0 saturated heterocycles. The fourth-order valence-corrected chi connectivity index (χ4v) is 7.60. The van der Waals surface area contributed by atoms with Crippen LogP contribution in [0.25, 0.3) is 0 Å². The Morgan fingerprint density at radius 3 is 0.510 bits per heavy atom. The summed E-state index contributed by atoms with van der Waals surface area (Å²) in [5.41, 5.74) is 0. The number of ketones is 4. The maximum absolute atomic E-state index is 11.0. The van der Waals surface area contributed by atoms with E-state index in [0.717, 1.165) is 51.4 Å². The van der Waals surface area contributed by atoms with Crippen LogP contribution in [-0.2, 0) is 64.6 Å². The molecule has 8 unspecified atom stereocenters. The number of Topliss-reactive ketones (excluding diaryl/α,β-unsaturated/α-hetero) is 4. The van der Waals surface area contributed by atoms with Crippen LogP contribution in [0, 0.1) is 47.3 Å². The molecule has 0 aromatic heterocycles. The van der Waals surface area contributed by atoms with Crippen LogP contribution in [0.4, 0.5) is 0 Å². The first kappa shape index (κ1) is 46.4. The van der Waals surface area contributed by atoms with Gasteiger partial charge in [0.05, 0.1) is 0 Å². The van der Waals surface area contributed by atoms with E-state index in [1.807, 2.05) is 0 Å². The largest absolute Gasteiger partial charge is 4.00 e. The van der Waals surface area contributed by atoms with Gasteiger partial charge in [-0.3, -0.25) is 19.2 Å². The fraction of sp³-hybridized carbons (Fsp3) is 0.778. The summed E-state index contributed by atoms with van der Waals surface area (Å²) in [6, 6.07) is 0. The molecule has 0 aromatic rings. The second-order valence-electron chi connectivity index (χ2n) is 13.7. The summed E-state index contributed by atoms with van der Waals surface area (Å²) < 4.78 is 0. The molecule has 0 N–H and O–H groups in total. The van der Waals surface area contributed by atoms with Crippen LogP contribution in [0.1, 0.15) is 130 Å². The van der Waals surface area contributed by atoms with Crippen molar-refractivity contribution in [2.24, 2.45) is 47.3 Å². The summed E-state index contributed by atoms with van der Waals surface area (Å²) >= 11 is 0. The molecule has 4 aliphatic carbocycles. The predicted octanol–water partition coefficient (Wildman–Crippen LogP) is 0.524. The van der Waals surface area contributed by atoms with Gasteiger partial charge in [-0.25, -0.2) is 0 Å². The van der Waals surface area contributed by atoms with E-state index in [-0.39, 0.29) is 73.0 Å². The summed E-state index contributed by atoms with van der Waals surface area (Å²) in [6.07, 6.45) is 12.8. The first-order chi connectivity index (χ1) is 22.5. The summed E-state index contributed by atoms with van der Waals surface area (Å²) in [5.74, 6) is -7.56. The Morgan fingerprint density at radius 2 is 0.429 bits per heavy atom. The van der Waals surface area contributed by atoms with E-state index in [0.29, 0.717) is 51.4 Å². The molecule has 8 atom stereocenters. The van der Waals surface area contributed by atoms with Gasteiger partial charge in [-0.2, -0.15) is 0 Å². The van der Waals surface area contributed by atoms with Gasteiger partial charge in [-0.1, -0.05) is 51.4 Å². The molecule has 13 heteroatoms. The molecule has 4 rings (SSSR count). The molecular weight excluding hydrogens is 716 g/mol.